The van der Waals surface area contributed by atoms with E-state index in [4.69, 9.17) is 0 Å². The smallest absolute Gasteiger partial charge is 0.324 e. The van der Waals surface area contributed by atoms with Crippen LogP contribution in [0, 0.1) is 0 Å². The van der Waals surface area contributed by atoms with Crippen molar-refractivity contribution in [1.29, 1.82) is 0 Å². The van der Waals surface area contributed by atoms with E-state index in [1.807, 2.05) is 24.3 Å². The van der Waals surface area contributed by atoms with E-state index in [1.165, 1.54) is 5.56 Å². The molecule has 1 heterocycles. The van der Waals surface area contributed by atoms with Gasteiger partial charge < -0.3 is 16.0 Å². The highest BCUT2D eigenvalue weighted by Crippen LogP contribution is 2.40. The fourth-order valence-corrected chi connectivity index (χ4v) is 3.32. The molecule has 7 heteroatoms. The maximum atomic E-state index is 12.4. The molecule has 4 rings (SSSR count). The molecule has 2 atom stereocenters. The van der Waals surface area contributed by atoms with Gasteiger partial charge in [-0.25, -0.2) is 9.59 Å². The first-order chi connectivity index (χ1) is 13.1. The molecule has 138 valence electrons. The number of hydrogen-bond acceptors (Lipinski definition) is 3. The summed E-state index contributed by atoms with van der Waals surface area (Å²) in [7, 11) is 0. The Hall–Kier alpha value is -3.35. The molecule has 2 aliphatic rings. The van der Waals surface area contributed by atoms with Gasteiger partial charge in [0.05, 0.1) is 13.1 Å². The van der Waals surface area contributed by atoms with Gasteiger partial charge in [-0.05, 0) is 23.6 Å². The van der Waals surface area contributed by atoms with Crippen molar-refractivity contribution < 1.29 is 14.4 Å². The van der Waals surface area contributed by atoms with Gasteiger partial charge >= 0.3 is 12.1 Å². The van der Waals surface area contributed by atoms with Crippen molar-refractivity contribution in [1.82, 2.24) is 15.5 Å². The third-order valence-electron chi connectivity index (χ3n) is 4.87. The van der Waals surface area contributed by atoms with Crippen molar-refractivity contribution in [3.05, 3.63) is 65.7 Å². The van der Waals surface area contributed by atoms with Crippen molar-refractivity contribution in [3.63, 3.8) is 0 Å². The minimum absolute atomic E-state index is 0.0114. The van der Waals surface area contributed by atoms with Crippen LogP contribution in [0.15, 0.2) is 54.6 Å². The highest BCUT2D eigenvalue weighted by atomic mass is 16.2. The van der Waals surface area contributed by atoms with E-state index in [2.05, 4.69) is 28.1 Å². The molecule has 0 aromatic heterocycles. The first kappa shape index (κ1) is 17.1. The molecule has 3 N–H and O–H groups in total. The summed E-state index contributed by atoms with van der Waals surface area (Å²) in [6, 6.07) is 16.7. The normalized spacial score (nSPS) is 21.0. The van der Waals surface area contributed by atoms with Gasteiger partial charge in [-0.2, -0.15) is 0 Å². The number of urea groups is 2. The third kappa shape index (κ3) is 3.76. The number of para-hydroxylation sites is 1. The molecule has 2 fully saturated rings. The van der Waals surface area contributed by atoms with E-state index in [1.54, 1.807) is 18.2 Å². The van der Waals surface area contributed by atoms with Gasteiger partial charge in [0.15, 0.2) is 0 Å². The predicted molar refractivity (Wildman–Crippen MR) is 100 cm³/mol. The minimum Gasteiger partial charge on any atom is -0.334 e. The van der Waals surface area contributed by atoms with Gasteiger partial charge in [-0.1, -0.05) is 48.5 Å². The van der Waals surface area contributed by atoms with Gasteiger partial charge in [-0.15, -0.1) is 0 Å². The monoisotopic (exact) mass is 364 g/mol. The van der Waals surface area contributed by atoms with E-state index in [0.29, 0.717) is 17.2 Å². The van der Waals surface area contributed by atoms with E-state index >= 15 is 0 Å². The van der Waals surface area contributed by atoms with Gasteiger partial charge in [0, 0.05) is 17.6 Å². The van der Waals surface area contributed by atoms with Crippen LogP contribution in [0.2, 0.25) is 0 Å². The molecule has 1 saturated heterocycles. The quantitative estimate of drug-likeness (QED) is 0.712. The van der Waals surface area contributed by atoms with Crippen LogP contribution in [0.1, 0.15) is 23.5 Å². The fraction of sp³-hybridized carbons (Fsp3) is 0.250. The van der Waals surface area contributed by atoms with Gasteiger partial charge in [0.25, 0.3) is 0 Å². The summed E-state index contributed by atoms with van der Waals surface area (Å²) >= 11 is 0. The third-order valence-corrected chi connectivity index (χ3v) is 4.87. The number of hydrogen-bond donors (Lipinski definition) is 3. The molecule has 2 aromatic rings. The zero-order chi connectivity index (χ0) is 18.8. The summed E-state index contributed by atoms with van der Waals surface area (Å²) in [5, 5.41) is 8.31. The standard InChI is InChI=1S/C20H20N4O3/c25-18-11-21-20(27)24(18)12-14-8-4-5-9-16(14)22-19(26)23-17-10-15(17)13-6-2-1-3-7-13/h1-9,15,17H,10-12H2,(H,21,27)(H2,22,23,26). The Morgan fingerprint density at radius 1 is 1.07 bits per heavy atom. The molecule has 0 spiro atoms. The van der Waals surface area contributed by atoms with Crippen LogP contribution in [0.5, 0.6) is 0 Å². The second-order valence-corrected chi connectivity index (χ2v) is 6.75. The molecule has 1 saturated carbocycles. The molecule has 1 aliphatic heterocycles. The average molecular weight is 364 g/mol. The Labute approximate surface area is 156 Å². The first-order valence-electron chi connectivity index (χ1n) is 8.90. The van der Waals surface area contributed by atoms with E-state index in [0.717, 1.165) is 11.3 Å². The van der Waals surface area contributed by atoms with E-state index < -0.39 is 6.03 Å². The van der Waals surface area contributed by atoms with Crippen LogP contribution in [0.4, 0.5) is 15.3 Å². The first-order valence-corrected chi connectivity index (χ1v) is 8.90. The number of nitrogens with one attached hydrogen (secondary N) is 3. The number of imide groups is 1. The molecule has 27 heavy (non-hydrogen) atoms. The van der Waals surface area contributed by atoms with Gasteiger partial charge in [-0.3, -0.25) is 9.69 Å². The van der Waals surface area contributed by atoms with Crippen LogP contribution in [-0.2, 0) is 11.3 Å². The molecule has 0 bridgehead atoms. The van der Waals surface area contributed by atoms with Crippen molar-refractivity contribution in [2.24, 2.45) is 0 Å². The zero-order valence-electron chi connectivity index (χ0n) is 14.6. The SMILES string of the molecule is O=C(Nc1ccccc1CN1C(=O)CNC1=O)NC1CC1c1ccccc1. The minimum atomic E-state index is -0.414. The Balaban J connectivity index is 1.38. The van der Waals surface area contributed by atoms with Crippen LogP contribution in [-0.4, -0.2) is 35.5 Å². The van der Waals surface area contributed by atoms with Crippen LogP contribution >= 0.6 is 0 Å². The number of carbonyl (C=O) groups is 3. The van der Waals surface area contributed by atoms with Crippen LogP contribution in [0.25, 0.3) is 0 Å². The maximum Gasteiger partial charge on any atom is 0.324 e. The summed E-state index contributed by atoms with van der Waals surface area (Å²) in [4.78, 5) is 37.1. The lowest BCUT2D eigenvalue weighted by Gasteiger charge is -2.16. The average Bonchev–Trinajstić information content (AvgIpc) is 3.37. The van der Waals surface area contributed by atoms with E-state index in [-0.39, 0.29) is 31.1 Å². The van der Waals surface area contributed by atoms with Crippen LogP contribution in [0.3, 0.4) is 0 Å². The van der Waals surface area contributed by atoms with Crippen molar-refractivity contribution in [3.8, 4) is 0 Å². The Bertz CT molecular complexity index is 868. The largest absolute Gasteiger partial charge is 0.334 e. The molecule has 1 aliphatic carbocycles. The summed E-state index contributed by atoms with van der Waals surface area (Å²) in [6.45, 7) is 0.134. The molecule has 5 amide bonds. The lowest BCUT2D eigenvalue weighted by Crippen LogP contribution is -2.33. The predicted octanol–water partition coefficient (Wildman–Crippen LogP) is 2.42. The van der Waals surface area contributed by atoms with Gasteiger partial charge in [0.2, 0.25) is 5.91 Å². The lowest BCUT2D eigenvalue weighted by molar-refractivity contribution is -0.125. The second-order valence-electron chi connectivity index (χ2n) is 6.75. The maximum absolute atomic E-state index is 12.4. The summed E-state index contributed by atoms with van der Waals surface area (Å²) in [5.41, 5.74) is 2.51. The number of rotatable bonds is 5. The Morgan fingerprint density at radius 2 is 1.81 bits per heavy atom. The number of anilines is 1. The lowest BCUT2D eigenvalue weighted by atomic mass is 10.1. The Morgan fingerprint density at radius 3 is 2.56 bits per heavy atom. The zero-order valence-corrected chi connectivity index (χ0v) is 14.6. The molecular weight excluding hydrogens is 344 g/mol. The van der Waals surface area contributed by atoms with Crippen molar-refractivity contribution in [2.45, 2.75) is 24.9 Å². The van der Waals surface area contributed by atoms with Gasteiger partial charge in [0.1, 0.15) is 0 Å². The molecule has 2 unspecified atom stereocenters. The highest BCUT2D eigenvalue weighted by molar-refractivity contribution is 6.02. The highest BCUT2D eigenvalue weighted by Gasteiger charge is 2.39. The topological polar surface area (TPSA) is 90.5 Å². The molecule has 2 aromatic carbocycles. The molecule has 0 radical (unpaired) electrons. The number of benzene rings is 2. The van der Waals surface area contributed by atoms with Crippen LogP contribution < -0.4 is 16.0 Å². The number of amides is 5. The fourth-order valence-electron chi connectivity index (χ4n) is 3.32. The Kier molecular flexibility index (Phi) is 4.50. The molecular formula is C20H20N4O3. The molecule has 7 nitrogen and oxygen atoms in total. The van der Waals surface area contributed by atoms with Crippen molar-refractivity contribution >= 4 is 23.7 Å². The summed E-state index contributed by atoms with van der Waals surface area (Å²) in [5.74, 6) is 0.0704. The summed E-state index contributed by atoms with van der Waals surface area (Å²) < 4.78 is 0. The number of carbonyl (C=O) groups excluding carboxylic acids is 3. The second kappa shape index (κ2) is 7.11. The summed E-state index contributed by atoms with van der Waals surface area (Å²) in [6.07, 6.45) is 0.918. The van der Waals surface area contributed by atoms with E-state index in [9.17, 15) is 14.4 Å². The number of nitrogens with zero attached hydrogens (tertiary/aromatic N) is 1. The van der Waals surface area contributed by atoms with Crippen molar-refractivity contribution in [2.75, 3.05) is 11.9 Å².